The van der Waals surface area contributed by atoms with Crippen LogP contribution in [0.15, 0.2) is 34.1 Å². The summed E-state index contributed by atoms with van der Waals surface area (Å²) in [5.74, 6) is -2.52. The summed E-state index contributed by atoms with van der Waals surface area (Å²) < 4.78 is 65.4. The number of nitro benzene ring substituents is 1. The predicted octanol–water partition coefficient (Wildman–Crippen LogP) is 3.38. The maximum absolute atomic E-state index is 13.3. The number of hydrogen-bond donors (Lipinski definition) is 2. The number of phenols is 2. The fourth-order valence-electron chi connectivity index (χ4n) is 2.17. The minimum absolute atomic E-state index is 0.264. The Morgan fingerprint density at radius 1 is 1.19 bits per heavy atom. The van der Waals surface area contributed by atoms with Crippen LogP contribution in [-0.2, 0) is 16.0 Å². The average Bonchev–Trinajstić information content (AvgIpc) is 2.54. The molecule has 0 radical (unpaired) electrons. The molecule has 8 nitrogen and oxygen atoms in total. The van der Waals surface area contributed by atoms with Crippen molar-refractivity contribution in [1.29, 1.82) is 5.26 Å². The first kappa shape index (κ1) is 20.3. The third-order valence-corrected chi connectivity index (χ3v) is 5.35. The topological polar surface area (TPSA) is 142 Å². The minimum atomic E-state index is -5.23. The molecule has 0 aliphatic rings. The quantitative estimate of drug-likeness (QED) is 0.438. The van der Waals surface area contributed by atoms with E-state index in [1.165, 1.54) is 6.07 Å². The number of aromatic hydroxyl groups is 2. The first-order valence-corrected chi connectivity index (χ1v) is 8.43. The van der Waals surface area contributed by atoms with Gasteiger partial charge in [0.2, 0.25) is 15.6 Å². The number of sulfone groups is 1. The van der Waals surface area contributed by atoms with E-state index < -0.39 is 64.1 Å². The van der Waals surface area contributed by atoms with Gasteiger partial charge in [0.05, 0.1) is 20.9 Å². The molecule has 2 aromatic carbocycles. The van der Waals surface area contributed by atoms with Crippen molar-refractivity contribution in [1.82, 2.24) is 0 Å². The zero-order valence-corrected chi connectivity index (χ0v) is 14.2. The van der Waals surface area contributed by atoms with E-state index in [1.54, 1.807) is 0 Å². The molecule has 0 bridgehead atoms. The minimum Gasteiger partial charge on any atom is -0.504 e. The summed E-state index contributed by atoms with van der Waals surface area (Å²) in [5, 5.41) is 38.3. The number of benzene rings is 2. The van der Waals surface area contributed by atoms with E-state index in [9.17, 15) is 41.9 Å². The molecule has 0 amide bonds. The monoisotopic (exact) mass is 422 g/mol. The molecule has 0 saturated carbocycles. The molecule has 13 heteroatoms. The van der Waals surface area contributed by atoms with Crippen molar-refractivity contribution in [2.45, 2.75) is 16.0 Å². The Morgan fingerprint density at radius 3 is 2.26 bits per heavy atom. The van der Waals surface area contributed by atoms with Gasteiger partial charge in [-0.3, -0.25) is 10.1 Å². The van der Waals surface area contributed by atoms with E-state index in [2.05, 4.69) is 0 Å². The summed E-state index contributed by atoms with van der Waals surface area (Å²) in [7, 11) is -5.18. The third kappa shape index (κ3) is 3.60. The third-order valence-electron chi connectivity index (χ3n) is 3.30. The molecule has 0 fully saturated rings. The van der Waals surface area contributed by atoms with Gasteiger partial charge in [-0.2, -0.15) is 18.4 Å². The normalized spacial score (nSPS) is 11.8. The second-order valence-corrected chi connectivity index (χ2v) is 7.33. The van der Waals surface area contributed by atoms with Gasteiger partial charge in [-0.25, -0.2) is 8.42 Å². The van der Waals surface area contributed by atoms with Crippen LogP contribution in [0.4, 0.5) is 18.9 Å². The molecule has 0 aliphatic carbocycles. The van der Waals surface area contributed by atoms with Gasteiger partial charge < -0.3 is 10.2 Å². The number of hydrogen-bond acceptors (Lipinski definition) is 7. The van der Waals surface area contributed by atoms with Crippen molar-refractivity contribution in [2.24, 2.45) is 0 Å². The van der Waals surface area contributed by atoms with Gasteiger partial charge in [-0.1, -0.05) is 11.6 Å². The number of alkyl halides is 3. The van der Waals surface area contributed by atoms with Gasteiger partial charge in [0, 0.05) is 17.2 Å². The number of rotatable bonds is 3. The smallest absolute Gasteiger partial charge is 0.417 e. The first-order valence-electron chi connectivity index (χ1n) is 6.57. The molecule has 0 heterocycles. The molecule has 2 aromatic rings. The van der Waals surface area contributed by atoms with Gasteiger partial charge in [-0.05, 0) is 12.1 Å². The maximum atomic E-state index is 13.3. The Morgan fingerprint density at radius 2 is 1.78 bits per heavy atom. The van der Waals surface area contributed by atoms with Gasteiger partial charge >= 0.3 is 11.9 Å². The Labute approximate surface area is 153 Å². The Kier molecular flexibility index (Phi) is 4.96. The lowest BCUT2D eigenvalue weighted by atomic mass is 10.1. The van der Waals surface area contributed by atoms with Crippen molar-refractivity contribution in [3.63, 3.8) is 0 Å². The van der Waals surface area contributed by atoms with Gasteiger partial charge in [0.15, 0.2) is 5.75 Å². The van der Waals surface area contributed by atoms with Gasteiger partial charge in [0.1, 0.15) is 11.0 Å². The van der Waals surface area contributed by atoms with Crippen LogP contribution < -0.4 is 0 Å². The molecule has 0 aliphatic heterocycles. The molecule has 0 spiro atoms. The van der Waals surface area contributed by atoms with E-state index in [-0.39, 0.29) is 12.1 Å². The number of nitrogens with zero attached hydrogens (tertiary/aromatic N) is 2. The van der Waals surface area contributed by atoms with Crippen LogP contribution >= 0.6 is 11.6 Å². The molecule has 0 unspecified atom stereocenters. The standard InChI is InChI=1S/C14H6ClF3N2O6S/c15-7-1-6(5-19)13(9(2-7)14(16,17)18)27(25,26)8-3-10(20(23)24)12(22)11(21)4-8/h1-4,21-22H. The van der Waals surface area contributed by atoms with Crippen LogP contribution in [0.1, 0.15) is 11.1 Å². The fraction of sp³-hybridized carbons (Fsp3) is 0.0714. The molecule has 27 heavy (non-hydrogen) atoms. The lowest BCUT2D eigenvalue weighted by molar-refractivity contribution is -0.386. The van der Waals surface area contributed by atoms with E-state index >= 15 is 0 Å². The summed E-state index contributed by atoms with van der Waals surface area (Å²) in [6.07, 6.45) is -5.23. The zero-order chi connectivity index (χ0) is 20.7. The van der Waals surface area contributed by atoms with Crippen molar-refractivity contribution in [2.75, 3.05) is 0 Å². The van der Waals surface area contributed by atoms with Gasteiger partial charge in [-0.15, -0.1) is 0 Å². The number of nitro groups is 1. The van der Waals surface area contributed by atoms with Crippen molar-refractivity contribution in [3.8, 4) is 17.6 Å². The Hall–Kier alpha value is -3.04. The van der Waals surface area contributed by atoms with E-state index in [0.717, 1.165) is 0 Å². The molecule has 142 valence electrons. The SMILES string of the molecule is N#Cc1cc(Cl)cc(C(F)(F)F)c1S(=O)(=O)c1cc(O)c(O)c([N+](=O)[O-])c1. The second-order valence-electron chi connectivity index (χ2n) is 5.01. The van der Waals surface area contributed by atoms with Crippen LogP contribution in [0.25, 0.3) is 0 Å². The van der Waals surface area contributed by atoms with E-state index in [1.807, 2.05) is 0 Å². The number of phenolic OH excluding ortho intramolecular Hbond substituents is 2. The molecule has 2 rings (SSSR count). The molecule has 0 atom stereocenters. The fourth-order valence-corrected chi connectivity index (χ4v) is 4.01. The zero-order valence-electron chi connectivity index (χ0n) is 12.7. The highest BCUT2D eigenvalue weighted by Gasteiger charge is 2.40. The molecular formula is C14H6ClF3N2O6S. The molecule has 2 N–H and O–H groups in total. The predicted molar refractivity (Wildman–Crippen MR) is 83.0 cm³/mol. The molecular weight excluding hydrogens is 417 g/mol. The van der Waals surface area contributed by atoms with Gasteiger partial charge in [0.25, 0.3) is 0 Å². The van der Waals surface area contributed by atoms with Crippen LogP contribution in [0.2, 0.25) is 5.02 Å². The Balaban J connectivity index is 2.95. The first-order chi connectivity index (χ1) is 12.3. The summed E-state index contributed by atoms with van der Waals surface area (Å²) in [4.78, 5) is 7.01. The van der Waals surface area contributed by atoms with Crippen LogP contribution in [-0.4, -0.2) is 23.6 Å². The lowest BCUT2D eigenvalue weighted by Crippen LogP contribution is -2.15. The number of nitriles is 1. The summed E-state index contributed by atoms with van der Waals surface area (Å²) in [6.45, 7) is 0. The summed E-state index contributed by atoms with van der Waals surface area (Å²) >= 11 is 5.51. The second kappa shape index (κ2) is 6.60. The molecule has 0 saturated heterocycles. The molecule has 0 aromatic heterocycles. The lowest BCUT2D eigenvalue weighted by Gasteiger charge is -2.15. The summed E-state index contributed by atoms with van der Waals surface area (Å²) in [6, 6.07) is 2.83. The van der Waals surface area contributed by atoms with E-state index in [0.29, 0.717) is 12.1 Å². The van der Waals surface area contributed by atoms with Crippen molar-refractivity contribution in [3.05, 3.63) is 50.5 Å². The Bertz CT molecular complexity index is 1110. The number of halogens is 4. The van der Waals surface area contributed by atoms with Crippen LogP contribution in [0, 0.1) is 21.4 Å². The highest BCUT2D eigenvalue weighted by Crippen LogP contribution is 2.43. The largest absolute Gasteiger partial charge is 0.504 e. The highest BCUT2D eigenvalue weighted by molar-refractivity contribution is 7.91. The van der Waals surface area contributed by atoms with E-state index in [4.69, 9.17) is 16.9 Å². The highest BCUT2D eigenvalue weighted by atomic mass is 35.5. The van der Waals surface area contributed by atoms with Crippen molar-refractivity contribution >= 4 is 27.1 Å². The van der Waals surface area contributed by atoms with Crippen molar-refractivity contribution < 1.29 is 36.7 Å². The average molecular weight is 423 g/mol. The maximum Gasteiger partial charge on any atom is 0.417 e. The van der Waals surface area contributed by atoms with Crippen LogP contribution in [0.5, 0.6) is 11.5 Å². The van der Waals surface area contributed by atoms with Crippen LogP contribution in [0.3, 0.4) is 0 Å². The summed E-state index contributed by atoms with van der Waals surface area (Å²) in [5.41, 5.74) is -3.97.